The first kappa shape index (κ1) is 18.4. The maximum absolute atomic E-state index is 12.2. The molecule has 4 nitrogen and oxygen atoms in total. The van der Waals surface area contributed by atoms with Crippen LogP contribution in [-0.4, -0.2) is 36.2 Å². The molecule has 0 aliphatic carbocycles. The number of anilines is 1. The van der Waals surface area contributed by atoms with E-state index in [1.807, 2.05) is 43.9 Å². The van der Waals surface area contributed by atoms with E-state index in [-0.39, 0.29) is 6.09 Å². The predicted octanol–water partition coefficient (Wildman–Crippen LogP) is 5.16. The lowest BCUT2D eigenvalue weighted by atomic mass is 9.98. The highest BCUT2D eigenvalue weighted by molar-refractivity contribution is 9.10. The van der Waals surface area contributed by atoms with Gasteiger partial charge in [0, 0.05) is 25.3 Å². The zero-order chi connectivity index (χ0) is 17.0. The third-order valence-corrected chi connectivity index (χ3v) is 5.10. The lowest BCUT2D eigenvalue weighted by Crippen LogP contribution is -2.44. The minimum atomic E-state index is -0.450. The third-order valence-electron chi connectivity index (χ3n) is 3.70. The van der Waals surface area contributed by atoms with Crippen molar-refractivity contribution in [2.45, 2.75) is 39.2 Å². The van der Waals surface area contributed by atoms with E-state index in [0.717, 1.165) is 42.6 Å². The number of hydrogen-bond acceptors (Lipinski definition) is 3. The van der Waals surface area contributed by atoms with Crippen LogP contribution in [0.1, 0.15) is 33.6 Å². The average Bonchev–Trinajstić information content (AvgIpc) is 2.47. The largest absolute Gasteiger partial charge is 0.444 e. The monoisotopic (exact) mass is 402 g/mol. The van der Waals surface area contributed by atoms with Gasteiger partial charge in [-0.25, -0.2) is 4.79 Å². The SMILES string of the molecule is CC(C)(C)OC(=O)N1CCCC(CNc2cccc(Cl)c2Br)C1. The lowest BCUT2D eigenvalue weighted by Gasteiger charge is -2.34. The van der Waals surface area contributed by atoms with E-state index in [9.17, 15) is 4.79 Å². The smallest absolute Gasteiger partial charge is 0.410 e. The molecule has 23 heavy (non-hydrogen) atoms. The van der Waals surface area contributed by atoms with Crippen LogP contribution in [0.4, 0.5) is 10.5 Å². The highest BCUT2D eigenvalue weighted by Crippen LogP contribution is 2.30. The van der Waals surface area contributed by atoms with Gasteiger partial charge in [-0.3, -0.25) is 0 Å². The van der Waals surface area contributed by atoms with Crippen LogP contribution < -0.4 is 5.32 Å². The second-order valence-electron chi connectivity index (χ2n) is 6.92. The quantitative estimate of drug-likeness (QED) is 0.757. The molecule has 1 aliphatic rings. The number of ether oxygens (including phenoxy) is 1. The van der Waals surface area contributed by atoms with Crippen molar-refractivity contribution in [3.63, 3.8) is 0 Å². The molecule has 6 heteroatoms. The number of likely N-dealkylation sites (tertiary alicyclic amines) is 1. The number of hydrogen-bond donors (Lipinski definition) is 1. The summed E-state index contributed by atoms with van der Waals surface area (Å²) < 4.78 is 6.34. The van der Waals surface area contributed by atoms with Gasteiger partial charge in [0.2, 0.25) is 0 Å². The summed E-state index contributed by atoms with van der Waals surface area (Å²) in [4.78, 5) is 14.0. The number of carbonyl (C=O) groups excluding carboxylic acids is 1. The van der Waals surface area contributed by atoms with Crippen LogP contribution in [0.15, 0.2) is 22.7 Å². The Bertz CT molecular complexity index is 560. The van der Waals surface area contributed by atoms with Gasteiger partial charge in [-0.1, -0.05) is 17.7 Å². The molecule has 0 radical (unpaired) electrons. The van der Waals surface area contributed by atoms with Crippen LogP contribution in [0.25, 0.3) is 0 Å². The number of piperidine rings is 1. The van der Waals surface area contributed by atoms with Gasteiger partial charge in [-0.2, -0.15) is 0 Å². The maximum atomic E-state index is 12.2. The molecule has 1 atom stereocenters. The summed E-state index contributed by atoms with van der Waals surface area (Å²) in [6, 6.07) is 5.76. The standard InChI is InChI=1S/C17H24BrClN2O2/c1-17(2,3)23-16(22)21-9-5-6-12(11-21)10-20-14-8-4-7-13(19)15(14)18/h4,7-8,12,20H,5-6,9-11H2,1-3H3. The minimum Gasteiger partial charge on any atom is -0.444 e. The molecule has 1 unspecified atom stereocenters. The Morgan fingerprint density at radius 3 is 2.91 bits per heavy atom. The summed E-state index contributed by atoms with van der Waals surface area (Å²) in [7, 11) is 0. The third kappa shape index (κ3) is 5.57. The van der Waals surface area contributed by atoms with Gasteiger partial charge < -0.3 is 15.0 Å². The number of carbonyl (C=O) groups is 1. The van der Waals surface area contributed by atoms with Crippen molar-refractivity contribution in [3.8, 4) is 0 Å². The highest BCUT2D eigenvalue weighted by Gasteiger charge is 2.27. The van der Waals surface area contributed by atoms with E-state index < -0.39 is 5.60 Å². The second kappa shape index (κ2) is 7.75. The number of amides is 1. The molecule has 1 aromatic carbocycles. The van der Waals surface area contributed by atoms with Gasteiger partial charge >= 0.3 is 6.09 Å². The molecule has 1 aliphatic heterocycles. The lowest BCUT2D eigenvalue weighted by molar-refractivity contribution is 0.0172. The van der Waals surface area contributed by atoms with Crippen LogP contribution in [0.2, 0.25) is 5.02 Å². The molecule has 1 saturated heterocycles. The fourth-order valence-electron chi connectivity index (χ4n) is 2.62. The summed E-state index contributed by atoms with van der Waals surface area (Å²) in [5.41, 5.74) is 0.528. The Kier molecular flexibility index (Phi) is 6.20. The van der Waals surface area contributed by atoms with Crippen molar-refractivity contribution in [1.82, 2.24) is 4.90 Å². The number of rotatable bonds is 3. The van der Waals surface area contributed by atoms with E-state index >= 15 is 0 Å². The van der Waals surface area contributed by atoms with Crippen molar-refractivity contribution >= 4 is 39.3 Å². The summed E-state index contributed by atoms with van der Waals surface area (Å²) in [6.07, 6.45) is 1.89. The molecular formula is C17H24BrClN2O2. The van der Waals surface area contributed by atoms with Gasteiger partial charge in [-0.05, 0) is 67.6 Å². The molecule has 1 N–H and O–H groups in total. The Morgan fingerprint density at radius 2 is 2.22 bits per heavy atom. The first-order valence-corrected chi connectivity index (χ1v) is 9.09. The summed E-state index contributed by atoms with van der Waals surface area (Å²) >= 11 is 9.60. The Hall–Kier alpha value is -0.940. The van der Waals surface area contributed by atoms with Crippen molar-refractivity contribution in [1.29, 1.82) is 0 Å². The first-order chi connectivity index (χ1) is 10.8. The van der Waals surface area contributed by atoms with Crippen molar-refractivity contribution < 1.29 is 9.53 Å². The fourth-order valence-corrected chi connectivity index (χ4v) is 3.20. The van der Waals surface area contributed by atoms with Crippen LogP contribution in [0.5, 0.6) is 0 Å². The number of nitrogens with zero attached hydrogens (tertiary/aromatic N) is 1. The van der Waals surface area contributed by atoms with Gasteiger partial charge in [-0.15, -0.1) is 0 Å². The molecule has 1 aromatic rings. The predicted molar refractivity (Wildman–Crippen MR) is 98.2 cm³/mol. The Labute approximate surface area is 151 Å². The molecule has 128 valence electrons. The van der Waals surface area contributed by atoms with Crippen LogP contribution in [0, 0.1) is 5.92 Å². The average molecular weight is 404 g/mol. The van der Waals surface area contributed by atoms with Gasteiger partial charge in [0.1, 0.15) is 5.60 Å². The summed E-state index contributed by atoms with van der Waals surface area (Å²) in [5, 5.41) is 4.11. The number of halogens is 2. The summed E-state index contributed by atoms with van der Waals surface area (Å²) in [6.45, 7) is 7.98. The Morgan fingerprint density at radius 1 is 1.48 bits per heavy atom. The van der Waals surface area contributed by atoms with Gasteiger partial charge in [0.05, 0.1) is 9.50 Å². The fraction of sp³-hybridized carbons (Fsp3) is 0.588. The molecule has 2 rings (SSSR count). The first-order valence-electron chi connectivity index (χ1n) is 7.92. The molecular weight excluding hydrogens is 380 g/mol. The molecule has 0 aromatic heterocycles. The summed E-state index contributed by atoms with van der Waals surface area (Å²) in [5.74, 6) is 0.405. The molecule has 1 amide bonds. The molecule has 0 spiro atoms. The van der Waals surface area contributed by atoms with Crippen LogP contribution in [-0.2, 0) is 4.74 Å². The molecule has 1 heterocycles. The minimum absolute atomic E-state index is 0.217. The second-order valence-corrected chi connectivity index (χ2v) is 8.12. The highest BCUT2D eigenvalue weighted by atomic mass is 79.9. The Balaban J connectivity index is 1.89. The number of nitrogens with one attached hydrogen (secondary N) is 1. The molecule has 1 fully saturated rings. The van der Waals surface area contributed by atoms with E-state index in [4.69, 9.17) is 16.3 Å². The van der Waals surface area contributed by atoms with E-state index in [0.29, 0.717) is 10.9 Å². The zero-order valence-corrected chi connectivity index (χ0v) is 16.2. The van der Waals surface area contributed by atoms with E-state index in [2.05, 4.69) is 21.2 Å². The van der Waals surface area contributed by atoms with Crippen molar-refractivity contribution in [2.75, 3.05) is 25.0 Å². The molecule has 0 bridgehead atoms. The van der Waals surface area contributed by atoms with Gasteiger partial charge in [0.25, 0.3) is 0 Å². The van der Waals surface area contributed by atoms with E-state index in [1.54, 1.807) is 0 Å². The maximum Gasteiger partial charge on any atom is 0.410 e. The normalized spacial score (nSPS) is 18.7. The van der Waals surface area contributed by atoms with Crippen LogP contribution >= 0.6 is 27.5 Å². The van der Waals surface area contributed by atoms with Crippen LogP contribution in [0.3, 0.4) is 0 Å². The van der Waals surface area contributed by atoms with Crippen molar-refractivity contribution in [2.24, 2.45) is 5.92 Å². The van der Waals surface area contributed by atoms with E-state index in [1.165, 1.54) is 0 Å². The molecule has 0 saturated carbocycles. The number of benzene rings is 1. The zero-order valence-electron chi connectivity index (χ0n) is 13.9. The van der Waals surface area contributed by atoms with Gasteiger partial charge in [0.15, 0.2) is 0 Å². The van der Waals surface area contributed by atoms with Crippen molar-refractivity contribution in [3.05, 3.63) is 27.7 Å². The topological polar surface area (TPSA) is 41.6 Å².